The number of para-hydroxylation sites is 1. The molecule has 0 saturated carbocycles. The van der Waals surface area contributed by atoms with Gasteiger partial charge in [0.25, 0.3) is 11.5 Å². The number of carbonyl (C=O) groups excluding carboxylic acids is 2. The Morgan fingerprint density at radius 3 is 2.81 bits per heavy atom. The lowest BCUT2D eigenvalue weighted by Crippen LogP contribution is -2.32. The molecule has 2 N–H and O–H groups in total. The number of benzene rings is 1. The Labute approximate surface area is 176 Å². The fourth-order valence-corrected chi connectivity index (χ4v) is 4.51. The van der Waals surface area contributed by atoms with E-state index >= 15 is 0 Å². The molecule has 1 fully saturated rings. The summed E-state index contributed by atoms with van der Waals surface area (Å²) in [4.78, 5) is 61.1. The molecule has 2 aliphatic heterocycles. The second-order valence-corrected chi connectivity index (χ2v) is 7.97. The lowest BCUT2D eigenvalue weighted by molar-refractivity contribution is -0.127. The van der Waals surface area contributed by atoms with Gasteiger partial charge in [-0.15, -0.1) is 0 Å². The number of aromatic nitrogens is 3. The first-order chi connectivity index (χ1) is 15.0. The van der Waals surface area contributed by atoms with E-state index in [0.29, 0.717) is 19.5 Å². The van der Waals surface area contributed by atoms with E-state index in [1.54, 1.807) is 4.90 Å². The van der Waals surface area contributed by atoms with Gasteiger partial charge in [0.15, 0.2) is 0 Å². The molecule has 31 heavy (non-hydrogen) atoms. The van der Waals surface area contributed by atoms with Gasteiger partial charge in [-0.3, -0.25) is 24.4 Å². The van der Waals surface area contributed by atoms with Crippen molar-refractivity contribution < 1.29 is 9.59 Å². The molecule has 1 saturated heterocycles. The van der Waals surface area contributed by atoms with E-state index < -0.39 is 11.2 Å². The van der Waals surface area contributed by atoms with Crippen LogP contribution in [0.15, 0.2) is 46.1 Å². The SMILES string of the molecule is O=C1CCCN1CCC1CN(C(=O)c2cnc3[nH]c(=O)[nH]c(=O)c3c2)c2ccccc21. The van der Waals surface area contributed by atoms with Crippen LogP contribution in [0, 0.1) is 0 Å². The molecular formula is C22H21N5O4. The molecule has 1 aromatic carbocycles. The van der Waals surface area contributed by atoms with Crippen molar-refractivity contribution in [3.8, 4) is 0 Å². The molecule has 2 aliphatic rings. The van der Waals surface area contributed by atoms with Gasteiger partial charge in [0, 0.05) is 43.9 Å². The number of H-pyrrole nitrogens is 2. The molecule has 0 radical (unpaired) electrons. The quantitative estimate of drug-likeness (QED) is 0.662. The van der Waals surface area contributed by atoms with E-state index in [1.807, 2.05) is 29.2 Å². The molecular weight excluding hydrogens is 398 g/mol. The summed E-state index contributed by atoms with van der Waals surface area (Å²) >= 11 is 0. The highest BCUT2D eigenvalue weighted by molar-refractivity contribution is 6.08. The molecule has 158 valence electrons. The normalized spacial score (nSPS) is 18.1. The zero-order valence-electron chi connectivity index (χ0n) is 16.8. The number of amides is 2. The predicted octanol–water partition coefficient (Wildman–Crippen LogP) is 1.37. The Bertz CT molecular complexity index is 1310. The lowest BCUT2D eigenvalue weighted by Gasteiger charge is -2.20. The largest absolute Gasteiger partial charge is 0.343 e. The van der Waals surface area contributed by atoms with Gasteiger partial charge in [0.1, 0.15) is 5.65 Å². The molecule has 1 atom stereocenters. The number of pyridine rings is 1. The third-order valence-electron chi connectivity index (χ3n) is 6.07. The van der Waals surface area contributed by atoms with Gasteiger partial charge < -0.3 is 9.80 Å². The summed E-state index contributed by atoms with van der Waals surface area (Å²) in [5.41, 5.74) is 1.10. The van der Waals surface area contributed by atoms with Gasteiger partial charge in [-0.1, -0.05) is 18.2 Å². The zero-order chi connectivity index (χ0) is 21.5. The van der Waals surface area contributed by atoms with Crippen molar-refractivity contribution >= 4 is 28.5 Å². The number of likely N-dealkylation sites (tertiary alicyclic amines) is 1. The standard InChI is InChI=1S/C22H21N5O4/c28-18-6-3-8-26(18)9-7-13-12-27(17-5-2-1-4-15(13)17)21(30)14-10-16-19(23-11-14)24-22(31)25-20(16)29/h1-2,4-5,10-11,13H,3,6-9,12H2,(H2,23,24,25,29,31). The number of carbonyl (C=O) groups is 2. The first-order valence-corrected chi connectivity index (χ1v) is 10.3. The summed E-state index contributed by atoms with van der Waals surface area (Å²) in [6.45, 7) is 1.98. The minimum absolute atomic E-state index is 0.127. The second kappa shape index (κ2) is 7.50. The summed E-state index contributed by atoms with van der Waals surface area (Å²) in [5, 5.41) is 0.155. The van der Waals surface area contributed by atoms with Crippen LogP contribution in [0.25, 0.3) is 11.0 Å². The molecule has 9 heteroatoms. The Morgan fingerprint density at radius 2 is 2.00 bits per heavy atom. The summed E-state index contributed by atoms with van der Waals surface area (Å²) in [6.07, 6.45) is 3.68. The van der Waals surface area contributed by atoms with Crippen LogP contribution in [-0.4, -0.2) is 51.3 Å². The van der Waals surface area contributed by atoms with Crippen LogP contribution in [-0.2, 0) is 4.79 Å². The van der Waals surface area contributed by atoms with Crippen LogP contribution in [0.2, 0.25) is 0 Å². The van der Waals surface area contributed by atoms with Crippen LogP contribution < -0.4 is 16.1 Å². The molecule has 2 amide bonds. The topological polar surface area (TPSA) is 119 Å². The second-order valence-electron chi connectivity index (χ2n) is 7.97. The molecule has 3 aromatic rings. The highest BCUT2D eigenvalue weighted by Gasteiger charge is 2.33. The van der Waals surface area contributed by atoms with Crippen molar-refractivity contribution in [3.05, 3.63) is 68.5 Å². The van der Waals surface area contributed by atoms with Crippen molar-refractivity contribution in [2.75, 3.05) is 24.5 Å². The molecule has 0 bridgehead atoms. The maximum Gasteiger partial charge on any atom is 0.327 e. The lowest BCUT2D eigenvalue weighted by atomic mass is 9.98. The average molecular weight is 419 g/mol. The van der Waals surface area contributed by atoms with E-state index in [0.717, 1.165) is 30.6 Å². The summed E-state index contributed by atoms with van der Waals surface area (Å²) < 4.78 is 0. The van der Waals surface area contributed by atoms with Gasteiger partial charge in [-0.2, -0.15) is 0 Å². The van der Waals surface area contributed by atoms with Crippen LogP contribution in [0.4, 0.5) is 5.69 Å². The average Bonchev–Trinajstić information content (AvgIpc) is 3.34. The fraction of sp³-hybridized carbons (Fsp3) is 0.318. The van der Waals surface area contributed by atoms with Gasteiger partial charge in [-0.05, 0) is 30.5 Å². The molecule has 0 spiro atoms. The van der Waals surface area contributed by atoms with Crippen molar-refractivity contribution in [1.82, 2.24) is 19.9 Å². The van der Waals surface area contributed by atoms with E-state index in [9.17, 15) is 19.2 Å². The molecule has 2 aromatic heterocycles. The summed E-state index contributed by atoms with van der Waals surface area (Å²) in [5.74, 6) is 0.0682. The first kappa shape index (κ1) is 19.2. The van der Waals surface area contributed by atoms with Gasteiger partial charge in [0.05, 0.1) is 10.9 Å². The number of nitrogens with zero attached hydrogens (tertiary/aromatic N) is 3. The minimum atomic E-state index is -0.642. The highest BCUT2D eigenvalue weighted by atomic mass is 16.2. The number of anilines is 1. The van der Waals surface area contributed by atoms with Crippen LogP contribution in [0.5, 0.6) is 0 Å². The number of hydrogen-bond acceptors (Lipinski definition) is 5. The van der Waals surface area contributed by atoms with Crippen LogP contribution in [0.3, 0.4) is 0 Å². The molecule has 1 unspecified atom stereocenters. The monoisotopic (exact) mass is 419 g/mol. The molecule has 9 nitrogen and oxygen atoms in total. The zero-order valence-corrected chi connectivity index (χ0v) is 16.8. The number of fused-ring (bicyclic) bond motifs is 2. The molecule has 4 heterocycles. The maximum absolute atomic E-state index is 13.3. The Kier molecular flexibility index (Phi) is 4.65. The smallest absolute Gasteiger partial charge is 0.327 e. The van der Waals surface area contributed by atoms with Gasteiger partial charge in [0.2, 0.25) is 5.91 Å². The van der Waals surface area contributed by atoms with Crippen LogP contribution in [0.1, 0.15) is 41.1 Å². The summed E-state index contributed by atoms with van der Waals surface area (Å²) in [7, 11) is 0. The maximum atomic E-state index is 13.3. The first-order valence-electron chi connectivity index (χ1n) is 10.3. The van der Waals surface area contributed by atoms with E-state index in [1.165, 1.54) is 12.3 Å². The number of rotatable bonds is 4. The number of aromatic amines is 2. The van der Waals surface area contributed by atoms with Crippen molar-refractivity contribution in [3.63, 3.8) is 0 Å². The summed E-state index contributed by atoms with van der Waals surface area (Å²) in [6, 6.07) is 9.23. The van der Waals surface area contributed by atoms with Gasteiger partial charge >= 0.3 is 5.69 Å². The number of nitrogens with one attached hydrogen (secondary N) is 2. The van der Waals surface area contributed by atoms with Crippen molar-refractivity contribution in [2.45, 2.75) is 25.2 Å². The Hall–Kier alpha value is -3.75. The van der Waals surface area contributed by atoms with E-state index in [2.05, 4.69) is 15.0 Å². The molecule has 5 rings (SSSR count). The van der Waals surface area contributed by atoms with Crippen molar-refractivity contribution in [2.24, 2.45) is 0 Å². The van der Waals surface area contributed by atoms with Crippen LogP contribution >= 0.6 is 0 Å². The Morgan fingerprint density at radius 1 is 1.16 bits per heavy atom. The molecule has 0 aliphatic carbocycles. The minimum Gasteiger partial charge on any atom is -0.343 e. The highest BCUT2D eigenvalue weighted by Crippen LogP contribution is 2.39. The Balaban J connectivity index is 1.42. The number of hydrogen-bond donors (Lipinski definition) is 2. The third kappa shape index (κ3) is 3.41. The van der Waals surface area contributed by atoms with Crippen molar-refractivity contribution in [1.29, 1.82) is 0 Å². The predicted molar refractivity (Wildman–Crippen MR) is 114 cm³/mol. The van der Waals surface area contributed by atoms with Gasteiger partial charge in [-0.25, -0.2) is 9.78 Å². The van der Waals surface area contributed by atoms with E-state index in [4.69, 9.17) is 0 Å². The third-order valence-corrected chi connectivity index (χ3v) is 6.07. The van der Waals surface area contributed by atoms with E-state index in [-0.39, 0.29) is 34.3 Å². The fourth-order valence-electron chi connectivity index (χ4n) is 4.51.